The van der Waals surface area contributed by atoms with Crippen molar-refractivity contribution in [1.29, 1.82) is 5.26 Å². The number of amides is 1. The summed E-state index contributed by atoms with van der Waals surface area (Å²) < 4.78 is 0. The maximum atomic E-state index is 12.6. The average molecular weight is 275 g/mol. The smallest absolute Gasteiger partial charge is 0.258 e. The lowest BCUT2D eigenvalue weighted by atomic mass is 10.1. The van der Waals surface area contributed by atoms with Crippen molar-refractivity contribution in [1.82, 2.24) is 4.98 Å². The van der Waals surface area contributed by atoms with E-state index < -0.39 is 0 Å². The number of nitrogens with zero attached hydrogens (tertiary/aromatic N) is 2. The lowest BCUT2D eigenvalue weighted by molar-refractivity contribution is 0.0993. The Morgan fingerprint density at radius 1 is 1.19 bits per heavy atom. The molecule has 0 aliphatic carbocycles. The van der Waals surface area contributed by atoms with Crippen LogP contribution in [0.2, 0.25) is 0 Å². The van der Waals surface area contributed by atoms with Crippen LogP contribution in [0, 0.1) is 11.3 Å². The van der Waals surface area contributed by atoms with E-state index in [1.54, 1.807) is 31.3 Å². The summed E-state index contributed by atoms with van der Waals surface area (Å²) in [6, 6.07) is 16.7. The first-order chi connectivity index (χ1) is 10.2. The number of nitrogens with one attached hydrogen (secondary N) is 1. The van der Waals surface area contributed by atoms with Gasteiger partial charge in [0.05, 0.1) is 11.3 Å². The Labute approximate surface area is 122 Å². The van der Waals surface area contributed by atoms with E-state index in [9.17, 15) is 4.79 Å². The Hall–Kier alpha value is -3.06. The molecule has 0 saturated carbocycles. The minimum absolute atomic E-state index is 0.144. The number of carbonyl (C=O) groups is 1. The van der Waals surface area contributed by atoms with Crippen LogP contribution in [0.1, 0.15) is 15.9 Å². The number of aromatic nitrogens is 1. The van der Waals surface area contributed by atoms with Crippen LogP contribution in [-0.2, 0) is 0 Å². The van der Waals surface area contributed by atoms with E-state index in [0.29, 0.717) is 16.8 Å². The van der Waals surface area contributed by atoms with Crippen LogP contribution in [0.4, 0.5) is 5.69 Å². The van der Waals surface area contributed by atoms with Crippen molar-refractivity contribution in [3.63, 3.8) is 0 Å². The molecule has 0 fully saturated rings. The number of anilines is 1. The van der Waals surface area contributed by atoms with Gasteiger partial charge in [-0.05, 0) is 35.7 Å². The van der Waals surface area contributed by atoms with E-state index in [1.807, 2.05) is 30.5 Å². The summed E-state index contributed by atoms with van der Waals surface area (Å²) in [5.74, 6) is -0.144. The standard InChI is InChI=1S/C17H13N3O/c1-20(16-5-3-2-4-14(16)11-18)17(21)13-7-6-12-8-9-19-15(12)10-13/h2-10,19H,1H3. The quantitative estimate of drug-likeness (QED) is 0.780. The molecule has 0 bridgehead atoms. The number of rotatable bonds is 2. The molecule has 1 heterocycles. The van der Waals surface area contributed by atoms with Crippen LogP contribution in [-0.4, -0.2) is 17.9 Å². The average Bonchev–Trinajstić information content (AvgIpc) is 3.00. The Kier molecular flexibility index (Phi) is 3.17. The van der Waals surface area contributed by atoms with Crippen molar-refractivity contribution in [3.8, 4) is 6.07 Å². The Bertz CT molecular complexity index is 858. The summed E-state index contributed by atoms with van der Waals surface area (Å²) in [6.07, 6.45) is 1.84. The van der Waals surface area contributed by atoms with Gasteiger partial charge in [0.15, 0.2) is 0 Å². The number of hydrogen-bond donors (Lipinski definition) is 1. The number of aromatic amines is 1. The maximum Gasteiger partial charge on any atom is 0.258 e. The zero-order valence-electron chi connectivity index (χ0n) is 11.5. The minimum atomic E-state index is -0.144. The molecule has 21 heavy (non-hydrogen) atoms. The summed E-state index contributed by atoms with van der Waals surface area (Å²) in [4.78, 5) is 17.2. The molecule has 2 aromatic carbocycles. The zero-order chi connectivity index (χ0) is 14.8. The number of benzene rings is 2. The van der Waals surface area contributed by atoms with Gasteiger partial charge in [0.2, 0.25) is 0 Å². The van der Waals surface area contributed by atoms with Gasteiger partial charge in [0.25, 0.3) is 5.91 Å². The molecule has 1 N–H and O–H groups in total. The Morgan fingerprint density at radius 3 is 2.81 bits per heavy atom. The molecule has 102 valence electrons. The maximum absolute atomic E-state index is 12.6. The lowest BCUT2D eigenvalue weighted by Crippen LogP contribution is -2.26. The second kappa shape index (κ2) is 5.14. The summed E-state index contributed by atoms with van der Waals surface area (Å²) >= 11 is 0. The van der Waals surface area contributed by atoms with Crippen LogP contribution in [0.15, 0.2) is 54.7 Å². The monoisotopic (exact) mass is 275 g/mol. The second-order valence-corrected chi connectivity index (χ2v) is 4.77. The Morgan fingerprint density at radius 2 is 2.00 bits per heavy atom. The molecule has 0 aliphatic rings. The van der Waals surface area contributed by atoms with Gasteiger partial charge in [0, 0.05) is 24.3 Å². The molecule has 0 radical (unpaired) electrons. The molecule has 3 rings (SSSR count). The summed E-state index contributed by atoms with van der Waals surface area (Å²) in [6.45, 7) is 0. The lowest BCUT2D eigenvalue weighted by Gasteiger charge is -2.18. The molecule has 0 saturated heterocycles. The van der Waals surface area contributed by atoms with E-state index in [1.165, 1.54) is 4.90 Å². The fourth-order valence-electron chi connectivity index (χ4n) is 2.34. The first-order valence-corrected chi connectivity index (χ1v) is 6.55. The predicted octanol–water partition coefficient (Wildman–Crippen LogP) is 3.32. The third kappa shape index (κ3) is 2.26. The topological polar surface area (TPSA) is 59.9 Å². The molecule has 4 nitrogen and oxygen atoms in total. The number of H-pyrrole nitrogens is 1. The Balaban J connectivity index is 1.99. The minimum Gasteiger partial charge on any atom is -0.361 e. The summed E-state index contributed by atoms with van der Waals surface area (Å²) in [5, 5.41) is 10.2. The van der Waals surface area contributed by atoms with Crippen molar-refractivity contribution in [3.05, 3.63) is 65.9 Å². The van der Waals surface area contributed by atoms with Crippen molar-refractivity contribution in [2.45, 2.75) is 0 Å². The first kappa shape index (κ1) is 12.9. The van der Waals surface area contributed by atoms with Gasteiger partial charge < -0.3 is 9.88 Å². The van der Waals surface area contributed by atoms with Crippen molar-refractivity contribution in [2.75, 3.05) is 11.9 Å². The fourth-order valence-corrected chi connectivity index (χ4v) is 2.34. The van der Waals surface area contributed by atoms with Crippen LogP contribution in [0.25, 0.3) is 10.9 Å². The highest BCUT2D eigenvalue weighted by atomic mass is 16.2. The SMILES string of the molecule is CN(C(=O)c1ccc2cc[nH]c2c1)c1ccccc1C#N. The number of fused-ring (bicyclic) bond motifs is 1. The van der Waals surface area contributed by atoms with Crippen LogP contribution in [0.3, 0.4) is 0 Å². The van der Waals surface area contributed by atoms with E-state index in [2.05, 4.69) is 11.1 Å². The van der Waals surface area contributed by atoms with Crippen LogP contribution in [0.5, 0.6) is 0 Å². The predicted molar refractivity (Wildman–Crippen MR) is 82.2 cm³/mol. The summed E-state index contributed by atoms with van der Waals surface area (Å²) in [7, 11) is 1.68. The highest BCUT2D eigenvalue weighted by molar-refractivity contribution is 6.08. The largest absolute Gasteiger partial charge is 0.361 e. The highest BCUT2D eigenvalue weighted by Crippen LogP contribution is 2.21. The van der Waals surface area contributed by atoms with Crippen LogP contribution >= 0.6 is 0 Å². The van der Waals surface area contributed by atoms with Crippen LogP contribution < -0.4 is 4.90 Å². The fraction of sp³-hybridized carbons (Fsp3) is 0.0588. The highest BCUT2D eigenvalue weighted by Gasteiger charge is 2.16. The number of carbonyl (C=O) groups excluding carboxylic acids is 1. The number of nitriles is 1. The summed E-state index contributed by atoms with van der Waals surface area (Å²) in [5.41, 5.74) is 2.59. The van der Waals surface area contributed by atoms with E-state index in [0.717, 1.165) is 10.9 Å². The van der Waals surface area contributed by atoms with Crippen molar-refractivity contribution in [2.24, 2.45) is 0 Å². The van der Waals surface area contributed by atoms with E-state index >= 15 is 0 Å². The molecule has 0 spiro atoms. The molecule has 3 aromatic rings. The van der Waals surface area contributed by atoms with Gasteiger partial charge in [-0.25, -0.2) is 0 Å². The third-order valence-corrected chi connectivity index (χ3v) is 3.49. The van der Waals surface area contributed by atoms with E-state index in [4.69, 9.17) is 5.26 Å². The van der Waals surface area contributed by atoms with Gasteiger partial charge in [-0.3, -0.25) is 4.79 Å². The normalized spacial score (nSPS) is 10.3. The molecular formula is C17H13N3O. The second-order valence-electron chi connectivity index (χ2n) is 4.77. The zero-order valence-corrected chi connectivity index (χ0v) is 11.5. The van der Waals surface area contributed by atoms with E-state index in [-0.39, 0.29) is 5.91 Å². The molecule has 0 aliphatic heterocycles. The van der Waals surface area contributed by atoms with Crippen molar-refractivity contribution >= 4 is 22.5 Å². The molecule has 1 amide bonds. The molecule has 0 atom stereocenters. The van der Waals surface area contributed by atoms with Gasteiger partial charge >= 0.3 is 0 Å². The van der Waals surface area contributed by atoms with Crippen molar-refractivity contribution < 1.29 is 4.79 Å². The molecule has 1 aromatic heterocycles. The first-order valence-electron chi connectivity index (χ1n) is 6.55. The molecule has 4 heteroatoms. The molecular weight excluding hydrogens is 262 g/mol. The molecule has 0 unspecified atom stereocenters. The van der Waals surface area contributed by atoms with Gasteiger partial charge in [0.1, 0.15) is 6.07 Å². The number of hydrogen-bond acceptors (Lipinski definition) is 2. The third-order valence-electron chi connectivity index (χ3n) is 3.49. The van der Waals surface area contributed by atoms with Gasteiger partial charge in [-0.2, -0.15) is 5.26 Å². The van der Waals surface area contributed by atoms with Gasteiger partial charge in [-0.1, -0.05) is 18.2 Å². The van der Waals surface area contributed by atoms with Gasteiger partial charge in [-0.15, -0.1) is 0 Å². The number of para-hydroxylation sites is 1.